The molecule has 4 rings (SSSR count). The molecule has 2 aromatic heterocycles. The summed E-state index contributed by atoms with van der Waals surface area (Å²) in [5.41, 5.74) is 6.02. The van der Waals surface area contributed by atoms with E-state index in [1.54, 1.807) is 0 Å². The van der Waals surface area contributed by atoms with E-state index < -0.39 is 0 Å². The van der Waals surface area contributed by atoms with Crippen LogP contribution in [0.4, 0.5) is 0 Å². The second-order valence-corrected chi connectivity index (χ2v) is 6.43. The van der Waals surface area contributed by atoms with Crippen molar-refractivity contribution in [2.24, 2.45) is 0 Å². The van der Waals surface area contributed by atoms with Gasteiger partial charge in [0.25, 0.3) is 0 Å². The number of H-pyrrole nitrogens is 2. The van der Waals surface area contributed by atoms with E-state index in [4.69, 9.17) is 0 Å². The van der Waals surface area contributed by atoms with Crippen molar-refractivity contribution in [2.75, 3.05) is 0 Å². The monoisotopic (exact) mass is 304 g/mol. The molecule has 0 atom stereocenters. The fourth-order valence-corrected chi connectivity index (χ4v) is 3.05. The van der Waals surface area contributed by atoms with Gasteiger partial charge >= 0.3 is 0 Å². The lowest BCUT2D eigenvalue weighted by Gasteiger charge is -2.05. The fourth-order valence-electron chi connectivity index (χ4n) is 3.05. The lowest BCUT2D eigenvalue weighted by atomic mass is 10.00. The number of nitrogens with one attached hydrogen (secondary N) is 2. The molecule has 2 N–H and O–H groups in total. The Balaban J connectivity index is 1.57. The van der Waals surface area contributed by atoms with Gasteiger partial charge in [0, 0.05) is 16.5 Å². The molecule has 4 heteroatoms. The maximum Gasteiger partial charge on any atom is 0.0926 e. The van der Waals surface area contributed by atoms with Crippen LogP contribution < -0.4 is 0 Å². The van der Waals surface area contributed by atoms with Gasteiger partial charge < -0.3 is 0 Å². The first kappa shape index (κ1) is 14.0. The van der Waals surface area contributed by atoms with Gasteiger partial charge in [-0.1, -0.05) is 32.0 Å². The summed E-state index contributed by atoms with van der Waals surface area (Å²) < 4.78 is 0. The molecule has 0 aliphatic rings. The zero-order valence-corrected chi connectivity index (χ0v) is 13.4. The van der Waals surface area contributed by atoms with Crippen molar-refractivity contribution < 1.29 is 0 Å². The second-order valence-electron chi connectivity index (χ2n) is 6.43. The lowest BCUT2D eigenvalue weighted by Crippen LogP contribution is -1.92. The van der Waals surface area contributed by atoms with Crippen LogP contribution in [0.25, 0.3) is 21.8 Å². The summed E-state index contributed by atoms with van der Waals surface area (Å²) >= 11 is 0. The first-order valence-corrected chi connectivity index (χ1v) is 8.09. The molecule has 0 aliphatic carbocycles. The van der Waals surface area contributed by atoms with E-state index in [-0.39, 0.29) is 0 Å². The molecular weight excluding hydrogens is 284 g/mol. The molecule has 4 aromatic rings. The fraction of sp³-hybridized carbons (Fsp3) is 0.263. The summed E-state index contributed by atoms with van der Waals surface area (Å²) in [5, 5.41) is 17.2. The Morgan fingerprint density at radius 1 is 1.00 bits per heavy atom. The highest BCUT2D eigenvalue weighted by Gasteiger charge is 2.08. The summed E-state index contributed by atoms with van der Waals surface area (Å²) in [6.07, 6.45) is 3.82. The Labute approximate surface area is 134 Å². The minimum Gasteiger partial charge on any atom is -0.281 e. The number of benzene rings is 2. The average molecular weight is 304 g/mol. The van der Waals surface area contributed by atoms with E-state index in [2.05, 4.69) is 70.6 Å². The van der Waals surface area contributed by atoms with Gasteiger partial charge in [-0.3, -0.25) is 10.2 Å². The van der Waals surface area contributed by atoms with Gasteiger partial charge in [-0.2, -0.15) is 10.2 Å². The third kappa shape index (κ3) is 2.61. The maximum absolute atomic E-state index is 4.48. The number of nitrogens with zero attached hydrogens (tertiary/aromatic N) is 2. The van der Waals surface area contributed by atoms with Gasteiger partial charge in [-0.25, -0.2) is 0 Å². The van der Waals surface area contributed by atoms with E-state index in [1.165, 1.54) is 27.6 Å². The Bertz CT molecular complexity index is 962. The van der Waals surface area contributed by atoms with E-state index >= 15 is 0 Å². The smallest absolute Gasteiger partial charge is 0.0926 e. The van der Waals surface area contributed by atoms with Crippen LogP contribution >= 0.6 is 0 Å². The quantitative estimate of drug-likeness (QED) is 0.589. The molecule has 0 fully saturated rings. The third-order valence-corrected chi connectivity index (χ3v) is 4.49. The molecule has 2 heterocycles. The normalized spacial score (nSPS) is 11.8. The molecule has 4 nitrogen and oxygen atoms in total. The topological polar surface area (TPSA) is 57.4 Å². The number of hydrogen-bond donors (Lipinski definition) is 2. The number of aryl methyl sites for hydroxylation is 2. The Morgan fingerprint density at radius 3 is 2.78 bits per heavy atom. The van der Waals surface area contributed by atoms with Crippen molar-refractivity contribution in [1.29, 1.82) is 0 Å². The van der Waals surface area contributed by atoms with Gasteiger partial charge in [0.2, 0.25) is 0 Å². The van der Waals surface area contributed by atoms with Gasteiger partial charge in [0.15, 0.2) is 0 Å². The number of aromatic amines is 2. The highest BCUT2D eigenvalue weighted by molar-refractivity contribution is 5.82. The number of aromatic nitrogens is 4. The van der Waals surface area contributed by atoms with Crippen LogP contribution in [0.15, 0.2) is 42.6 Å². The van der Waals surface area contributed by atoms with E-state index in [1.807, 2.05) is 6.20 Å². The van der Waals surface area contributed by atoms with Crippen molar-refractivity contribution >= 4 is 21.8 Å². The summed E-state index contributed by atoms with van der Waals surface area (Å²) in [6, 6.07) is 13.1. The van der Waals surface area contributed by atoms with E-state index in [0.29, 0.717) is 5.92 Å². The van der Waals surface area contributed by atoms with Crippen LogP contribution in [0.2, 0.25) is 0 Å². The van der Waals surface area contributed by atoms with Gasteiger partial charge in [-0.05, 0) is 48.1 Å². The number of hydrogen-bond acceptors (Lipinski definition) is 2. The molecule has 0 unspecified atom stereocenters. The lowest BCUT2D eigenvalue weighted by molar-refractivity contribution is 0.868. The van der Waals surface area contributed by atoms with Crippen LogP contribution in [0.3, 0.4) is 0 Å². The zero-order chi connectivity index (χ0) is 15.8. The first-order valence-electron chi connectivity index (χ1n) is 8.09. The van der Waals surface area contributed by atoms with Crippen LogP contribution in [-0.2, 0) is 12.8 Å². The predicted octanol–water partition coefficient (Wildman–Crippen LogP) is 4.35. The van der Waals surface area contributed by atoms with E-state index in [0.717, 1.165) is 23.9 Å². The second kappa shape index (κ2) is 5.54. The van der Waals surface area contributed by atoms with Crippen molar-refractivity contribution in [3.8, 4) is 0 Å². The molecule has 23 heavy (non-hydrogen) atoms. The molecule has 0 radical (unpaired) electrons. The molecule has 0 spiro atoms. The van der Waals surface area contributed by atoms with Gasteiger partial charge in [-0.15, -0.1) is 0 Å². The maximum atomic E-state index is 4.48. The molecule has 0 saturated heterocycles. The summed E-state index contributed by atoms with van der Waals surface area (Å²) in [6.45, 7) is 4.42. The van der Waals surface area contributed by atoms with E-state index in [9.17, 15) is 0 Å². The van der Waals surface area contributed by atoms with Crippen molar-refractivity contribution in [3.05, 3.63) is 59.4 Å². The van der Waals surface area contributed by atoms with Gasteiger partial charge in [0.1, 0.15) is 0 Å². The Morgan fingerprint density at radius 2 is 1.91 bits per heavy atom. The highest BCUT2D eigenvalue weighted by atomic mass is 15.1. The standard InChI is InChI=1S/C19H20N4/c1-12(2)14-5-6-16-18(22-23-19(16)10-14)8-4-13-3-7-17-15(9-13)11-20-21-17/h3,5-7,9-12H,4,8H2,1-2H3,(H,20,21)(H,22,23). The molecule has 116 valence electrons. The average Bonchev–Trinajstić information content (AvgIpc) is 3.18. The van der Waals surface area contributed by atoms with Crippen molar-refractivity contribution in [1.82, 2.24) is 20.4 Å². The minimum absolute atomic E-state index is 0.529. The van der Waals surface area contributed by atoms with Crippen molar-refractivity contribution in [2.45, 2.75) is 32.6 Å². The molecule has 2 aromatic carbocycles. The Hall–Kier alpha value is -2.62. The summed E-state index contributed by atoms with van der Waals surface area (Å²) in [5.74, 6) is 0.529. The van der Waals surface area contributed by atoms with Gasteiger partial charge in [0.05, 0.1) is 17.2 Å². The third-order valence-electron chi connectivity index (χ3n) is 4.49. The van der Waals surface area contributed by atoms with Crippen LogP contribution in [0.5, 0.6) is 0 Å². The van der Waals surface area contributed by atoms with Crippen LogP contribution in [-0.4, -0.2) is 20.4 Å². The molecule has 0 aliphatic heterocycles. The van der Waals surface area contributed by atoms with Crippen LogP contribution in [0, 0.1) is 0 Å². The molecule has 0 saturated carbocycles. The minimum atomic E-state index is 0.529. The van der Waals surface area contributed by atoms with Crippen molar-refractivity contribution in [3.63, 3.8) is 0 Å². The SMILES string of the molecule is CC(C)c1ccc2c(CCc3ccc4[nH]ncc4c3)[nH]nc2c1. The number of rotatable bonds is 4. The first-order chi connectivity index (χ1) is 11.2. The largest absolute Gasteiger partial charge is 0.281 e. The summed E-state index contributed by atoms with van der Waals surface area (Å²) in [7, 11) is 0. The zero-order valence-electron chi connectivity index (χ0n) is 13.4. The Kier molecular flexibility index (Phi) is 3.37. The number of fused-ring (bicyclic) bond motifs is 2. The molecule has 0 bridgehead atoms. The molecular formula is C19H20N4. The molecule has 0 amide bonds. The highest BCUT2D eigenvalue weighted by Crippen LogP contribution is 2.23. The predicted molar refractivity (Wildman–Crippen MR) is 93.7 cm³/mol. The summed E-state index contributed by atoms with van der Waals surface area (Å²) in [4.78, 5) is 0. The van der Waals surface area contributed by atoms with Crippen LogP contribution in [0.1, 0.15) is 36.6 Å².